The summed E-state index contributed by atoms with van der Waals surface area (Å²) in [5, 5.41) is 0.989. The van der Waals surface area contributed by atoms with Gasteiger partial charge in [0.2, 0.25) is 0 Å². The van der Waals surface area contributed by atoms with Gasteiger partial charge < -0.3 is 24.3 Å². The van der Waals surface area contributed by atoms with E-state index < -0.39 is 0 Å². The Balaban J connectivity index is 1.58. The quantitative estimate of drug-likeness (QED) is 0.693. The average molecular weight is 422 g/mol. The lowest BCUT2D eigenvalue weighted by atomic mass is 10.0. The molecule has 0 aromatic carbocycles. The second kappa shape index (κ2) is 8.14. The smallest absolute Gasteiger partial charge is 0.409 e. The third kappa shape index (κ3) is 3.69. The van der Waals surface area contributed by atoms with Crippen LogP contribution in [0.4, 0.5) is 10.6 Å². The van der Waals surface area contributed by atoms with Gasteiger partial charge in [0.15, 0.2) is 5.82 Å². The molecule has 2 fully saturated rings. The minimum Gasteiger partial charge on any atom is -0.453 e. The van der Waals surface area contributed by atoms with Crippen molar-refractivity contribution >= 4 is 22.9 Å². The van der Waals surface area contributed by atoms with Gasteiger partial charge in [-0.15, -0.1) is 0 Å². The molecule has 0 aliphatic carbocycles. The number of nitrogens with zero attached hydrogens (tertiary/aromatic N) is 5. The van der Waals surface area contributed by atoms with Gasteiger partial charge in [-0.25, -0.2) is 19.7 Å². The zero-order chi connectivity index (χ0) is 21.4. The summed E-state index contributed by atoms with van der Waals surface area (Å²) >= 11 is 0. The van der Waals surface area contributed by atoms with Crippen LogP contribution in [0.5, 0.6) is 0 Å². The number of hydrogen-bond donors (Lipinski definition) is 1. The first-order valence-corrected chi connectivity index (χ1v) is 10.6. The largest absolute Gasteiger partial charge is 0.453 e. The van der Waals surface area contributed by atoms with Crippen molar-refractivity contribution in [2.24, 2.45) is 0 Å². The van der Waals surface area contributed by atoms with Gasteiger partial charge in [0, 0.05) is 55.0 Å². The number of likely N-dealkylation sites (tertiary alicyclic amines) is 1. The van der Waals surface area contributed by atoms with Crippen molar-refractivity contribution in [3.05, 3.63) is 36.3 Å². The number of hydrogen-bond acceptors (Lipinski definition) is 7. The minimum atomic E-state index is -0.290. The van der Waals surface area contributed by atoms with Crippen molar-refractivity contribution in [3.8, 4) is 11.4 Å². The first-order valence-electron chi connectivity index (χ1n) is 10.6. The molecule has 0 unspecified atom stereocenters. The zero-order valence-electron chi connectivity index (χ0n) is 17.7. The first kappa shape index (κ1) is 19.7. The minimum absolute atomic E-state index is 0.138. The van der Waals surface area contributed by atoms with Crippen molar-refractivity contribution in [3.63, 3.8) is 0 Å². The van der Waals surface area contributed by atoms with E-state index in [1.165, 1.54) is 7.11 Å². The number of methoxy groups -OCH3 is 1. The number of morpholine rings is 1. The molecular weight excluding hydrogens is 396 g/mol. The fraction of sp³-hybridized carbons (Fsp3) is 0.455. The predicted molar refractivity (Wildman–Crippen MR) is 116 cm³/mol. The van der Waals surface area contributed by atoms with Gasteiger partial charge in [-0.2, -0.15) is 0 Å². The van der Waals surface area contributed by atoms with E-state index in [2.05, 4.69) is 27.9 Å². The molecule has 5 rings (SSSR count). The summed E-state index contributed by atoms with van der Waals surface area (Å²) in [5.74, 6) is 1.71. The Labute approximate surface area is 180 Å². The van der Waals surface area contributed by atoms with Crippen molar-refractivity contribution in [2.45, 2.75) is 25.3 Å². The summed E-state index contributed by atoms with van der Waals surface area (Å²) in [5.41, 5.74) is 2.70. The van der Waals surface area contributed by atoms with E-state index in [9.17, 15) is 4.79 Å². The molecule has 1 amide bonds. The third-order valence-corrected chi connectivity index (χ3v) is 6.13. The lowest BCUT2D eigenvalue weighted by Crippen LogP contribution is -2.44. The maximum atomic E-state index is 12.0. The fourth-order valence-electron chi connectivity index (χ4n) is 4.45. The van der Waals surface area contributed by atoms with E-state index in [1.807, 2.05) is 18.3 Å². The van der Waals surface area contributed by atoms with Crippen molar-refractivity contribution < 1.29 is 14.3 Å². The summed E-state index contributed by atoms with van der Waals surface area (Å²) in [4.78, 5) is 33.5. The Morgan fingerprint density at radius 2 is 2.19 bits per heavy atom. The predicted octanol–water partition coefficient (Wildman–Crippen LogP) is 2.80. The Morgan fingerprint density at radius 3 is 3.03 bits per heavy atom. The monoisotopic (exact) mass is 422 g/mol. The van der Waals surface area contributed by atoms with Gasteiger partial charge in [-0.3, -0.25) is 0 Å². The molecule has 0 radical (unpaired) electrons. The molecule has 3 aromatic rings. The summed E-state index contributed by atoms with van der Waals surface area (Å²) in [7, 11) is 1.42. The Morgan fingerprint density at radius 1 is 1.29 bits per heavy atom. The number of pyridine rings is 1. The number of anilines is 1. The highest BCUT2D eigenvalue weighted by Crippen LogP contribution is 2.32. The van der Waals surface area contributed by atoms with Crippen LogP contribution in [-0.2, 0) is 9.47 Å². The maximum absolute atomic E-state index is 12.0. The third-order valence-electron chi connectivity index (χ3n) is 6.13. The van der Waals surface area contributed by atoms with Crippen LogP contribution in [0.15, 0.2) is 30.6 Å². The SMILES string of the molecule is COC(=O)N1CC[C@H](c2cc(N3CCOC[C@H]3C)nc(-c3ccnc4[nH]ccc34)n2)C1. The highest BCUT2D eigenvalue weighted by molar-refractivity contribution is 5.91. The number of carbonyl (C=O) groups excluding carboxylic acids is 1. The molecule has 5 heterocycles. The van der Waals surface area contributed by atoms with Crippen LogP contribution < -0.4 is 4.90 Å². The van der Waals surface area contributed by atoms with E-state index in [4.69, 9.17) is 19.4 Å². The summed E-state index contributed by atoms with van der Waals surface area (Å²) in [6, 6.07) is 6.26. The lowest BCUT2D eigenvalue weighted by molar-refractivity contribution is 0.0985. The number of rotatable bonds is 3. The average Bonchev–Trinajstić information content (AvgIpc) is 3.48. The molecule has 1 N–H and O–H groups in total. The van der Waals surface area contributed by atoms with Crippen molar-refractivity contribution in [2.75, 3.05) is 44.9 Å². The Hall–Kier alpha value is -3.20. The van der Waals surface area contributed by atoms with Gasteiger partial charge in [-0.05, 0) is 25.5 Å². The summed E-state index contributed by atoms with van der Waals surface area (Å²) < 4.78 is 10.5. The van der Waals surface area contributed by atoms with E-state index in [-0.39, 0.29) is 18.1 Å². The van der Waals surface area contributed by atoms with Crippen LogP contribution >= 0.6 is 0 Å². The Kier molecular flexibility index (Phi) is 5.19. The highest BCUT2D eigenvalue weighted by atomic mass is 16.5. The van der Waals surface area contributed by atoms with Crippen molar-refractivity contribution in [1.82, 2.24) is 24.8 Å². The number of nitrogens with one attached hydrogen (secondary N) is 1. The molecule has 2 aliphatic rings. The highest BCUT2D eigenvalue weighted by Gasteiger charge is 2.31. The maximum Gasteiger partial charge on any atom is 0.409 e. The van der Waals surface area contributed by atoms with Crippen LogP contribution in [0.1, 0.15) is 25.0 Å². The molecule has 2 saturated heterocycles. The molecule has 2 aliphatic heterocycles. The van der Waals surface area contributed by atoms with E-state index >= 15 is 0 Å². The van der Waals surface area contributed by atoms with E-state index in [1.54, 1.807) is 11.1 Å². The number of aromatic nitrogens is 4. The standard InChI is InChI=1S/C22H26N6O3/c1-14-13-31-10-9-28(14)19-11-18(15-5-8-27(12-15)22(29)30-2)25-21(26-19)17-4-7-24-20-16(17)3-6-23-20/h3-4,6-7,11,14-15H,5,8-10,12-13H2,1-2H3,(H,23,24)/t14-,15+/m1/s1. The van der Waals surface area contributed by atoms with Gasteiger partial charge in [-0.1, -0.05) is 0 Å². The molecule has 0 bridgehead atoms. The van der Waals surface area contributed by atoms with E-state index in [0.29, 0.717) is 32.1 Å². The molecule has 31 heavy (non-hydrogen) atoms. The second-order valence-corrected chi connectivity index (χ2v) is 8.09. The van der Waals surface area contributed by atoms with Gasteiger partial charge in [0.05, 0.1) is 32.1 Å². The summed E-state index contributed by atoms with van der Waals surface area (Å²) in [6.45, 7) is 5.54. The normalized spacial score (nSPS) is 21.6. The van der Waals surface area contributed by atoms with Crippen LogP contribution in [0.25, 0.3) is 22.4 Å². The molecule has 0 saturated carbocycles. The molecule has 2 atom stereocenters. The Bertz CT molecular complexity index is 1100. The zero-order valence-corrected chi connectivity index (χ0v) is 17.7. The van der Waals surface area contributed by atoms with Gasteiger partial charge in [0.25, 0.3) is 0 Å². The number of carbonyl (C=O) groups is 1. The van der Waals surface area contributed by atoms with Crippen LogP contribution in [-0.4, -0.2) is 76.9 Å². The molecule has 162 valence electrons. The second-order valence-electron chi connectivity index (χ2n) is 8.09. The molecule has 9 nitrogen and oxygen atoms in total. The number of amides is 1. The van der Waals surface area contributed by atoms with Crippen molar-refractivity contribution in [1.29, 1.82) is 0 Å². The number of fused-ring (bicyclic) bond motifs is 1. The lowest BCUT2D eigenvalue weighted by Gasteiger charge is -2.34. The number of ether oxygens (including phenoxy) is 2. The topological polar surface area (TPSA) is 96.5 Å². The number of H-pyrrole nitrogens is 1. The van der Waals surface area contributed by atoms with E-state index in [0.717, 1.165) is 41.1 Å². The van der Waals surface area contributed by atoms with Gasteiger partial charge in [0.1, 0.15) is 11.5 Å². The summed E-state index contributed by atoms with van der Waals surface area (Å²) in [6.07, 6.45) is 4.21. The van der Waals surface area contributed by atoms with Gasteiger partial charge >= 0.3 is 6.09 Å². The fourth-order valence-corrected chi connectivity index (χ4v) is 4.45. The van der Waals surface area contributed by atoms with Crippen LogP contribution in [0.2, 0.25) is 0 Å². The van der Waals surface area contributed by atoms with Crippen LogP contribution in [0.3, 0.4) is 0 Å². The number of aromatic amines is 1. The first-order chi connectivity index (χ1) is 15.1. The molecular formula is C22H26N6O3. The van der Waals surface area contributed by atoms with Crippen LogP contribution in [0, 0.1) is 0 Å². The molecule has 0 spiro atoms. The molecule has 9 heteroatoms. The molecule has 3 aromatic heterocycles.